The zero-order valence-corrected chi connectivity index (χ0v) is 13.2. The van der Waals surface area contributed by atoms with E-state index in [4.69, 9.17) is 15.9 Å². The molecule has 1 saturated heterocycles. The number of benzene rings is 1. The quantitative estimate of drug-likeness (QED) is 0.637. The molecular formula is C16H26N4O. The van der Waals surface area contributed by atoms with E-state index in [1.807, 2.05) is 18.2 Å². The maximum absolute atomic E-state index is 7.56. The molecule has 0 aliphatic carbocycles. The van der Waals surface area contributed by atoms with E-state index < -0.39 is 0 Å². The number of amidine groups is 1. The minimum atomic E-state index is 0.0423. The topological polar surface area (TPSA) is 65.6 Å². The molecule has 1 aliphatic rings. The number of likely N-dealkylation sites (N-methyl/N-ethyl adjacent to an activating group) is 2. The molecule has 1 aliphatic heterocycles. The van der Waals surface area contributed by atoms with Crippen LogP contribution in [0.4, 0.5) is 0 Å². The average molecular weight is 290 g/mol. The van der Waals surface area contributed by atoms with Gasteiger partial charge in [0.15, 0.2) is 0 Å². The van der Waals surface area contributed by atoms with Crippen LogP contribution in [0.15, 0.2) is 18.2 Å². The molecular weight excluding hydrogens is 264 g/mol. The van der Waals surface area contributed by atoms with E-state index in [1.54, 1.807) is 7.11 Å². The number of nitrogens with one attached hydrogen (secondary N) is 1. The van der Waals surface area contributed by atoms with Crippen molar-refractivity contribution in [3.63, 3.8) is 0 Å². The van der Waals surface area contributed by atoms with E-state index in [0.29, 0.717) is 17.4 Å². The zero-order valence-electron chi connectivity index (χ0n) is 13.2. The summed E-state index contributed by atoms with van der Waals surface area (Å²) in [6.07, 6.45) is 2.52. The Morgan fingerprint density at radius 3 is 2.90 bits per heavy atom. The molecule has 0 radical (unpaired) electrons. The summed E-state index contributed by atoms with van der Waals surface area (Å²) in [5, 5.41) is 7.56. The Morgan fingerprint density at radius 1 is 1.52 bits per heavy atom. The maximum atomic E-state index is 7.56. The van der Waals surface area contributed by atoms with Crippen LogP contribution in [0.2, 0.25) is 0 Å². The number of ether oxygens (including phenoxy) is 1. The van der Waals surface area contributed by atoms with Crippen LogP contribution in [0.5, 0.6) is 5.75 Å². The molecule has 0 amide bonds. The molecule has 21 heavy (non-hydrogen) atoms. The molecule has 1 unspecified atom stereocenters. The predicted molar refractivity (Wildman–Crippen MR) is 86.0 cm³/mol. The summed E-state index contributed by atoms with van der Waals surface area (Å²) < 4.78 is 5.34. The second kappa shape index (κ2) is 6.91. The monoisotopic (exact) mass is 290 g/mol. The van der Waals surface area contributed by atoms with Crippen molar-refractivity contribution < 1.29 is 4.74 Å². The van der Waals surface area contributed by atoms with E-state index in [9.17, 15) is 0 Å². The van der Waals surface area contributed by atoms with E-state index >= 15 is 0 Å². The first kappa shape index (κ1) is 15.8. The van der Waals surface area contributed by atoms with Gasteiger partial charge in [-0.05, 0) is 51.2 Å². The van der Waals surface area contributed by atoms with Crippen LogP contribution in [-0.2, 0) is 6.54 Å². The van der Waals surface area contributed by atoms with Crippen LogP contribution >= 0.6 is 0 Å². The van der Waals surface area contributed by atoms with Crippen molar-refractivity contribution in [3.05, 3.63) is 29.3 Å². The minimum absolute atomic E-state index is 0.0423. The van der Waals surface area contributed by atoms with Gasteiger partial charge in [-0.3, -0.25) is 10.3 Å². The summed E-state index contributed by atoms with van der Waals surface area (Å²) in [7, 11) is 5.98. The highest BCUT2D eigenvalue weighted by molar-refractivity contribution is 5.97. The number of piperidine rings is 1. The minimum Gasteiger partial charge on any atom is -0.496 e. The average Bonchev–Trinajstić information content (AvgIpc) is 2.46. The van der Waals surface area contributed by atoms with Gasteiger partial charge < -0.3 is 15.4 Å². The van der Waals surface area contributed by atoms with Gasteiger partial charge in [-0.15, -0.1) is 0 Å². The zero-order chi connectivity index (χ0) is 15.4. The lowest BCUT2D eigenvalue weighted by Gasteiger charge is -2.36. The lowest BCUT2D eigenvalue weighted by molar-refractivity contribution is 0.129. The molecule has 1 aromatic rings. The Balaban J connectivity index is 2.06. The molecule has 1 atom stereocenters. The number of hydrogen-bond donors (Lipinski definition) is 2. The van der Waals surface area contributed by atoms with Gasteiger partial charge in [-0.2, -0.15) is 0 Å². The fraction of sp³-hybridized carbons (Fsp3) is 0.562. The molecule has 5 heteroatoms. The highest BCUT2D eigenvalue weighted by Gasteiger charge is 2.21. The molecule has 2 rings (SSSR count). The summed E-state index contributed by atoms with van der Waals surface area (Å²) in [6, 6.07) is 6.49. The van der Waals surface area contributed by atoms with Gasteiger partial charge in [0, 0.05) is 19.1 Å². The molecule has 1 heterocycles. The van der Waals surface area contributed by atoms with Crippen LogP contribution in [-0.4, -0.2) is 56.0 Å². The number of nitrogens with zero attached hydrogens (tertiary/aromatic N) is 2. The van der Waals surface area contributed by atoms with Crippen LogP contribution in [0.25, 0.3) is 0 Å². The molecule has 1 fully saturated rings. The van der Waals surface area contributed by atoms with Gasteiger partial charge in [0.1, 0.15) is 11.6 Å². The Kier molecular flexibility index (Phi) is 5.20. The third-order valence-electron chi connectivity index (χ3n) is 4.21. The van der Waals surface area contributed by atoms with Gasteiger partial charge in [0.25, 0.3) is 0 Å². The van der Waals surface area contributed by atoms with Crippen molar-refractivity contribution in [2.24, 2.45) is 5.73 Å². The molecule has 0 bridgehead atoms. The van der Waals surface area contributed by atoms with Gasteiger partial charge in [-0.1, -0.05) is 6.07 Å². The molecule has 5 nitrogen and oxygen atoms in total. The van der Waals surface area contributed by atoms with Crippen LogP contribution in [0, 0.1) is 5.41 Å². The summed E-state index contributed by atoms with van der Waals surface area (Å²) in [5.41, 5.74) is 7.40. The van der Waals surface area contributed by atoms with Crippen molar-refractivity contribution in [3.8, 4) is 5.75 Å². The van der Waals surface area contributed by atoms with E-state index in [2.05, 4.69) is 23.9 Å². The first-order valence-electron chi connectivity index (χ1n) is 7.41. The summed E-state index contributed by atoms with van der Waals surface area (Å²) in [5.74, 6) is 0.717. The molecule has 3 N–H and O–H groups in total. The number of nitrogen functional groups attached to an aromatic ring is 1. The van der Waals surface area contributed by atoms with Gasteiger partial charge in [0.2, 0.25) is 0 Å². The fourth-order valence-electron chi connectivity index (χ4n) is 2.97. The van der Waals surface area contributed by atoms with E-state index in [0.717, 1.165) is 13.1 Å². The summed E-state index contributed by atoms with van der Waals surface area (Å²) in [6.45, 7) is 3.21. The van der Waals surface area contributed by atoms with Gasteiger partial charge in [0.05, 0.1) is 12.7 Å². The lowest BCUT2D eigenvalue weighted by Crippen LogP contribution is -2.44. The van der Waals surface area contributed by atoms with Crippen molar-refractivity contribution in [1.82, 2.24) is 9.80 Å². The Hall–Kier alpha value is -1.59. The SMILES string of the molecule is COc1cc(CN(C)C2CCCN(C)C2)ccc1C(=N)N. The first-order chi connectivity index (χ1) is 10.0. The highest BCUT2D eigenvalue weighted by atomic mass is 16.5. The summed E-state index contributed by atoms with van der Waals surface area (Å²) >= 11 is 0. The fourth-order valence-corrected chi connectivity index (χ4v) is 2.97. The van der Waals surface area contributed by atoms with Crippen LogP contribution in [0.3, 0.4) is 0 Å². The first-order valence-corrected chi connectivity index (χ1v) is 7.41. The van der Waals surface area contributed by atoms with Crippen molar-refractivity contribution >= 4 is 5.84 Å². The number of methoxy groups -OCH3 is 1. The Labute approximate surface area is 127 Å². The lowest BCUT2D eigenvalue weighted by atomic mass is 10.0. The third kappa shape index (κ3) is 3.95. The summed E-state index contributed by atoms with van der Waals surface area (Å²) in [4.78, 5) is 4.79. The number of likely N-dealkylation sites (tertiary alicyclic amines) is 1. The molecule has 1 aromatic carbocycles. The van der Waals surface area contributed by atoms with Crippen molar-refractivity contribution in [1.29, 1.82) is 5.41 Å². The Morgan fingerprint density at radius 2 is 2.29 bits per heavy atom. The third-order valence-corrected chi connectivity index (χ3v) is 4.21. The number of hydrogen-bond acceptors (Lipinski definition) is 4. The Bertz CT molecular complexity index is 503. The van der Waals surface area contributed by atoms with E-state index in [1.165, 1.54) is 24.9 Å². The second-order valence-electron chi connectivity index (χ2n) is 5.92. The largest absolute Gasteiger partial charge is 0.496 e. The highest BCUT2D eigenvalue weighted by Crippen LogP contribution is 2.22. The molecule has 0 aromatic heterocycles. The van der Waals surface area contributed by atoms with Crippen molar-refractivity contribution in [2.75, 3.05) is 34.3 Å². The standard InChI is InChI=1S/C16H26N4O/c1-19-8-4-5-13(11-19)20(2)10-12-6-7-14(16(17)18)15(9-12)21-3/h6-7,9,13H,4-5,8,10-11H2,1-3H3,(H3,17,18). The second-order valence-corrected chi connectivity index (χ2v) is 5.92. The molecule has 0 spiro atoms. The van der Waals surface area contributed by atoms with Gasteiger partial charge >= 0.3 is 0 Å². The number of rotatable bonds is 5. The smallest absolute Gasteiger partial charge is 0.130 e. The molecule has 116 valence electrons. The predicted octanol–water partition coefficient (Wildman–Crippen LogP) is 1.51. The maximum Gasteiger partial charge on any atom is 0.130 e. The van der Waals surface area contributed by atoms with Crippen molar-refractivity contribution in [2.45, 2.75) is 25.4 Å². The molecule has 0 saturated carbocycles. The van der Waals surface area contributed by atoms with E-state index in [-0.39, 0.29) is 5.84 Å². The number of nitrogens with two attached hydrogens (primary N) is 1. The van der Waals surface area contributed by atoms with Crippen LogP contribution < -0.4 is 10.5 Å². The van der Waals surface area contributed by atoms with Crippen LogP contribution in [0.1, 0.15) is 24.0 Å². The normalized spacial score (nSPS) is 19.7. The van der Waals surface area contributed by atoms with Gasteiger partial charge in [-0.25, -0.2) is 0 Å².